The van der Waals surface area contributed by atoms with E-state index in [2.05, 4.69) is 11.9 Å². The van der Waals surface area contributed by atoms with Gasteiger partial charge in [-0.1, -0.05) is 12.1 Å². The normalized spacial score (nSPS) is 17.0. The van der Waals surface area contributed by atoms with Gasteiger partial charge in [0.05, 0.1) is 0 Å². The Kier molecular flexibility index (Phi) is 4.02. The Bertz CT molecular complexity index is 791. The van der Waals surface area contributed by atoms with Gasteiger partial charge in [-0.3, -0.25) is 4.57 Å². The number of aromatic nitrogens is 2. The fraction of sp³-hybridized carbons (Fsp3) is 0.375. The minimum Gasteiger partial charge on any atom is -0.472 e. The molecule has 23 heavy (non-hydrogen) atoms. The molecule has 1 atom stereocenters. The Morgan fingerprint density at radius 3 is 2.96 bits per heavy atom. The van der Waals surface area contributed by atoms with E-state index in [1.807, 2.05) is 11.9 Å². The van der Waals surface area contributed by atoms with Gasteiger partial charge in [0.25, 0.3) is 0 Å². The summed E-state index contributed by atoms with van der Waals surface area (Å²) in [6, 6.07) is 5.82. The molecule has 1 aliphatic rings. The minimum atomic E-state index is -0.951. The molecule has 2 aromatic rings. The van der Waals surface area contributed by atoms with Gasteiger partial charge in [-0.05, 0) is 19.4 Å². The van der Waals surface area contributed by atoms with Crippen LogP contribution in [0.2, 0.25) is 0 Å². The summed E-state index contributed by atoms with van der Waals surface area (Å²) in [5.74, 6) is -1.07. The highest BCUT2D eigenvalue weighted by atomic mass is 19.2. The molecule has 0 radical (unpaired) electrons. The van der Waals surface area contributed by atoms with Gasteiger partial charge in [0.1, 0.15) is 12.4 Å². The van der Waals surface area contributed by atoms with E-state index in [9.17, 15) is 13.6 Å². The lowest BCUT2D eigenvalue weighted by Gasteiger charge is -2.34. The molecule has 0 spiro atoms. The van der Waals surface area contributed by atoms with E-state index < -0.39 is 17.3 Å². The Hall–Kier alpha value is -2.44. The maximum Gasteiger partial charge on any atom is 0.352 e. The quantitative estimate of drug-likeness (QED) is 0.870. The summed E-state index contributed by atoms with van der Waals surface area (Å²) in [6.07, 6.45) is 0.861. The first kappa shape index (κ1) is 15.5. The van der Waals surface area contributed by atoms with Crippen molar-refractivity contribution in [3.63, 3.8) is 0 Å². The van der Waals surface area contributed by atoms with Crippen LogP contribution in [0.15, 0.2) is 29.1 Å². The van der Waals surface area contributed by atoms with Crippen LogP contribution in [-0.2, 0) is 13.2 Å². The molecule has 2 heterocycles. The van der Waals surface area contributed by atoms with Gasteiger partial charge < -0.3 is 9.64 Å². The van der Waals surface area contributed by atoms with Gasteiger partial charge in [-0.15, -0.1) is 0 Å². The van der Waals surface area contributed by atoms with Crippen molar-refractivity contribution in [2.24, 2.45) is 0 Å². The maximum atomic E-state index is 13.6. The molecule has 0 amide bonds. The minimum absolute atomic E-state index is 0.0753. The molecule has 0 unspecified atom stereocenters. The summed E-state index contributed by atoms with van der Waals surface area (Å²) in [7, 11) is 1.89. The fourth-order valence-electron chi connectivity index (χ4n) is 2.60. The molecule has 7 heteroatoms. The third-order valence-electron chi connectivity index (χ3n) is 4.17. The van der Waals surface area contributed by atoms with E-state index in [1.54, 1.807) is 10.6 Å². The lowest BCUT2D eigenvalue weighted by molar-refractivity contribution is 0.282. The number of ether oxygens (including phenoxy) is 1. The Labute approximate surface area is 132 Å². The first-order valence-electron chi connectivity index (χ1n) is 7.38. The van der Waals surface area contributed by atoms with E-state index in [4.69, 9.17) is 4.74 Å². The first-order chi connectivity index (χ1) is 11.0. The summed E-state index contributed by atoms with van der Waals surface area (Å²) in [5, 5.41) is 0. The van der Waals surface area contributed by atoms with Crippen molar-refractivity contribution >= 4 is 5.82 Å². The first-order valence-corrected chi connectivity index (χ1v) is 7.38. The van der Waals surface area contributed by atoms with Crippen LogP contribution in [0.4, 0.5) is 14.6 Å². The van der Waals surface area contributed by atoms with Gasteiger partial charge in [-0.2, -0.15) is 4.98 Å². The number of hydrogen-bond acceptors (Lipinski definition) is 4. The van der Waals surface area contributed by atoms with Crippen LogP contribution in [-0.4, -0.2) is 22.6 Å². The molecule has 0 aliphatic carbocycles. The van der Waals surface area contributed by atoms with Gasteiger partial charge in [-0.25, -0.2) is 13.6 Å². The number of rotatable bonds is 3. The van der Waals surface area contributed by atoms with Crippen molar-refractivity contribution in [2.45, 2.75) is 32.5 Å². The summed E-state index contributed by atoms with van der Waals surface area (Å²) in [5.41, 5.74) is -0.331. The van der Waals surface area contributed by atoms with Crippen molar-refractivity contribution < 1.29 is 13.5 Å². The number of hydrogen-bond donors (Lipinski definition) is 0. The van der Waals surface area contributed by atoms with E-state index in [1.165, 1.54) is 12.1 Å². The van der Waals surface area contributed by atoms with Crippen LogP contribution in [0.1, 0.15) is 18.9 Å². The van der Waals surface area contributed by atoms with Crippen LogP contribution < -0.4 is 15.3 Å². The average Bonchev–Trinajstić information content (AvgIpc) is 2.53. The second kappa shape index (κ2) is 5.98. The van der Waals surface area contributed by atoms with Crippen molar-refractivity contribution in [1.82, 2.24) is 9.55 Å². The molecular formula is C16H17F2N3O2. The molecule has 1 aromatic carbocycles. The summed E-state index contributed by atoms with van der Waals surface area (Å²) in [4.78, 5) is 17.9. The molecule has 3 rings (SSSR count). The maximum absolute atomic E-state index is 13.6. The number of benzene rings is 1. The zero-order chi connectivity index (χ0) is 16.6. The lowest BCUT2D eigenvalue weighted by Crippen LogP contribution is -2.41. The fourth-order valence-corrected chi connectivity index (χ4v) is 2.60. The third-order valence-corrected chi connectivity index (χ3v) is 4.17. The van der Waals surface area contributed by atoms with Crippen molar-refractivity contribution in [3.05, 3.63) is 51.9 Å². The Balaban J connectivity index is 1.86. The second-order valence-electron chi connectivity index (χ2n) is 5.64. The monoisotopic (exact) mass is 321 g/mol. The van der Waals surface area contributed by atoms with Crippen LogP contribution in [0, 0.1) is 11.6 Å². The Morgan fingerprint density at radius 1 is 1.39 bits per heavy atom. The predicted molar refractivity (Wildman–Crippen MR) is 81.7 cm³/mol. The smallest absolute Gasteiger partial charge is 0.352 e. The molecule has 5 nitrogen and oxygen atoms in total. The third kappa shape index (κ3) is 2.91. The molecular weight excluding hydrogens is 304 g/mol. The van der Waals surface area contributed by atoms with Crippen LogP contribution in [0.5, 0.6) is 5.88 Å². The molecule has 0 saturated carbocycles. The largest absolute Gasteiger partial charge is 0.472 e. The molecule has 122 valence electrons. The second-order valence-corrected chi connectivity index (χ2v) is 5.64. The Morgan fingerprint density at radius 2 is 2.17 bits per heavy atom. The van der Waals surface area contributed by atoms with Gasteiger partial charge >= 0.3 is 5.69 Å². The van der Waals surface area contributed by atoms with E-state index >= 15 is 0 Å². The topological polar surface area (TPSA) is 47.4 Å². The molecule has 0 bridgehead atoms. The highest BCUT2D eigenvalue weighted by Gasteiger charge is 2.22. The van der Waals surface area contributed by atoms with Crippen LogP contribution in [0.3, 0.4) is 0 Å². The summed E-state index contributed by atoms with van der Waals surface area (Å²) >= 11 is 0. The number of anilines is 1. The number of nitrogens with zero attached hydrogens (tertiary/aromatic N) is 3. The van der Waals surface area contributed by atoms with Crippen molar-refractivity contribution in [2.75, 3.05) is 11.9 Å². The standard InChI is InChI=1S/C16H17F2N3O2/c1-10-6-7-21-14(20(10)2)8-13(19-16(21)22)23-9-11-4-3-5-12(17)15(11)18/h3-5,8,10H,6-7,9H2,1-2H3/t10-/m1/s1. The number of halogens is 2. The van der Waals surface area contributed by atoms with Crippen molar-refractivity contribution in [1.29, 1.82) is 0 Å². The van der Waals surface area contributed by atoms with E-state index in [0.717, 1.165) is 12.5 Å². The zero-order valence-electron chi connectivity index (χ0n) is 12.9. The van der Waals surface area contributed by atoms with Crippen molar-refractivity contribution in [3.8, 4) is 5.88 Å². The summed E-state index contributed by atoms with van der Waals surface area (Å²) < 4.78 is 33.8. The summed E-state index contributed by atoms with van der Waals surface area (Å²) in [6.45, 7) is 2.47. The highest BCUT2D eigenvalue weighted by molar-refractivity contribution is 5.43. The van der Waals surface area contributed by atoms with Gasteiger partial charge in [0.2, 0.25) is 5.88 Å². The van der Waals surface area contributed by atoms with Gasteiger partial charge in [0.15, 0.2) is 11.6 Å². The van der Waals surface area contributed by atoms with E-state index in [0.29, 0.717) is 18.4 Å². The average molecular weight is 321 g/mol. The highest BCUT2D eigenvalue weighted by Crippen LogP contribution is 2.24. The van der Waals surface area contributed by atoms with E-state index in [-0.39, 0.29) is 18.1 Å². The number of fused-ring (bicyclic) bond motifs is 1. The lowest BCUT2D eigenvalue weighted by atomic mass is 10.1. The molecule has 1 aliphatic heterocycles. The van der Waals surface area contributed by atoms with Gasteiger partial charge in [0, 0.05) is 31.3 Å². The predicted octanol–water partition coefficient (Wildman–Crippen LogP) is 2.33. The van der Waals surface area contributed by atoms with Crippen LogP contribution in [0.25, 0.3) is 0 Å². The molecule has 0 N–H and O–H groups in total. The van der Waals surface area contributed by atoms with Crippen LogP contribution >= 0.6 is 0 Å². The molecule has 0 saturated heterocycles. The molecule has 1 aromatic heterocycles. The zero-order valence-corrected chi connectivity index (χ0v) is 12.9. The molecule has 0 fully saturated rings. The SMILES string of the molecule is C[C@@H]1CCn2c(cc(OCc3cccc(F)c3F)nc2=O)N1C.